The molecule has 238 valence electrons. The first-order chi connectivity index (χ1) is 21.2. The van der Waals surface area contributed by atoms with Gasteiger partial charge in [-0.2, -0.15) is 0 Å². The van der Waals surface area contributed by atoms with Gasteiger partial charge in [0.15, 0.2) is 12.2 Å². The summed E-state index contributed by atoms with van der Waals surface area (Å²) in [5.74, 6) is -2.92. The van der Waals surface area contributed by atoms with E-state index in [-0.39, 0.29) is 43.8 Å². The van der Waals surface area contributed by atoms with Gasteiger partial charge in [0, 0.05) is 31.4 Å². The largest absolute Gasteiger partial charge is 0.460 e. The van der Waals surface area contributed by atoms with E-state index in [1.165, 1.54) is 6.07 Å². The molecule has 0 unspecified atom stereocenters. The summed E-state index contributed by atoms with van der Waals surface area (Å²) in [5.41, 5.74) is 0.00910. The number of ether oxygens (including phenoxy) is 6. The number of carbonyl (C=O) groups excluding carboxylic acids is 4. The second-order valence-corrected chi connectivity index (χ2v) is 10.0. The molecule has 3 rings (SSSR count). The molecule has 0 bridgehead atoms. The predicted octanol–water partition coefficient (Wildman–Crippen LogP) is 4.82. The van der Waals surface area contributed by atoms with Crippen molar-refractivity contribution in [2.75, 3.05) is 6.61 Å². The molecule has 1 aliphatic heterocycles. The Morgan fingerprint density at radius 1 is 0.841 bits per heavy atom. The number of benzene rings is 2. The van der Waals surface area contributed by atoms with Crippen molar-refractivity contribution in [2.45, 2.75) is 90.5 Å². The molecule has 4 atom stereocenters. The lowest BCUT2D eigenvalue weighted by Crippen LogP contribution is -2.59. The van der Waals surface area contributed by atoms with Gasteiger partial charge in [0.25, 0.3) is 5.69 Å². The van der Waals surface area contributed by atoms with E-state index in [2.05, 4.69) is 0 Å². The molecule has 2 aromatic rings. The first kappa shape index (κ1) is 34.0. The Kier molecular flexibility index (Phi) is 13.1. The lowest BCUT2D eigenvalue weighted by Gasteiger charge is -2.40. The van der Waals surface area contributed by atoms with Gasteiger partial charge in [0.05, 0.1) is 11.5 Å². The van der Waals surface area contributed by atoms with Crippen molar-refractivity contribution in [3.63, 3.8) is 0 Å². The summed E-state index contributed by atoms with van der Waals surface area (Å²) in [4.78, 5) is 61.6. The van der Waals surface area contributed by atoms with Crippen molar-refractivity contribution in [2.24, 2.45) is 0 Å². The fraction of sp³-hybridized carbons (Fsp3) is 0.484. The molecule has 13 nitrogen and oxygen atoms in total. The van der Waals surface area contributed by atoms with E-state index in [1.807, 2.05) is 0 Å². The number of carbonyl (C=O) groups is 4. The van der Waals surface area contributed by atoms with Gasteiger partial charge >= 0.3 is 23.9 Å². The average molecular weight is 616 g/mol. The minimum absolute atomic E-state index is 0.0216. The van der Waals surface area contributed by atoms with Crippen LogP contribution < -0.4 is 4.74 Å². The lowest BCUT2D eigenvalue weighted by atomic mass is 10.0. The number of nitrogens with zero attached hydrogens (tertiary/aromatic N) is 1. The Morgan fingerprint density at radius 3 is 2.02 bits per heavy atom. The quantitative estimate of drug-likeness (QED) is 0.116. The van der Waals surface area contributed by atoms with Crippen molar-refractivity contribution in [3.05, 3.63) is 69.8 Å². The summed E-state index contributed by atoms with van der Waals surface area (Å²) < 4.78 is 34.1. The molecule has 1 heterocycles. The van der Waals surface area contributed by atoms with E-state index in [0.29, 0.717) is 24.8 Å². The maximum atomic E-state index is 13.1. The summed E-state index contributed by atoms with van der Waals surface area (Å²) in [6.45, 7) is 4.93. The molecule has 0 aliphatic carbocycles. The molecule has 0 N–H and O–H groups in total. The van der Waals surface area contributed by atoms with Gasteiger partial charge < -0.3 is 28.4 Å². The summed E-state index contributed by atoms with van der Waals surface area (Å²) in [7, 11) is 0. The number of rotatable bonds is 15. The van der Waals surface area contributed by atoms with Crippen molar-refractivity contribution in [1.29, 1.82) is 0 Å². The molecule has 13 heteroatoms. The van der Waals surface area contributed by atoms with Crippen LogP contribution in [0.4, 0.5) is 5.69 Å². The topological polar surface area (TPSA) is 167 Å². The fourth-order valence-electron chi connectivity index (χ4n) is 4.29. The average Bonchev–Trinajstić information content (AvgIpc) is 2.99. The second-order valence-electron chi connectivity index (χ2n) is 10.0. The summed E-state index contributed by atoms with van der Waals surface area (Å²) in [6.07, 6.45) is -3.71. The number of nitro benzene ring substituents is 1. The molecular formula is C31H37NO12. The normalized spacial score (nSPS) is 19.3. The lowest BCUT2D eigenvalue weighted by molar-refractivity contribution is -0.384. The molecular weight excluding hydrogens is 578 g/mol. The molecule has 1 aliphatic rings. The van der Waals surface area contributed by atoms with Crippen LogP contribution in [0.3, 0.4) is 0 Å². The van der Waals surface area contributed by atoms with Crippen LogP contribution in [0, 0.1) is 10.1 Å². The number of hydrogen-bond acceptors (Lipinski definition) is 12. The van der Waals surface area contributed by atoms with E-state index in [1.54, 1.807) is 51.1 Å². The Morgan fingerprint density at radius 2 is 1.43 bits per heavy atom. The maximum absolute atomic E-state index is 13.1. The van der Waals surface area contributed by atoms with E-state index < -0.39 is 59.1 Å². The van der Waals surface area contributed by atoms with Crippen LogP contribution in [-0.2, 0) is 44.7 Å². The standard InChI is InChI=1S/C31H37NO12/c1-4-10-25(33)41-24-19-40-31(29(44-27(35)12-6-3)28(24)43-26(34)11-5-2)42-23-16-15-21(32(37)38)17-22(23)30(36)39-18-20-13-8-7-9-14-20/h7-9,13-17,24,28-29,31H,4-6,10-12,18-19H2,1-3H3/t24-,28-,29+,31+/m0/s1. The van der Waals surface area contributed by atoms with E-state index in [0.717, 1.165) is 12.1 Å². The van der Waals surface area contributed by atoms with E-state index in [9.17, 15) is 29.3 Å². The Labute approximate surface area is 254 Å². The number of nitro groups is 1. The predicted molar refractivity (Wildman–Crippen MR) is 153 cm³/mol. The van der Waals surface area contributed by atoms with Gasteiger partial charge in [-0.1, -0.05) is 51.1 Å². The van der Waals surface area contributed by atoms with Gasteiger partial charge in [0.1, 0.15) is 17.9 Å². The first-order valence-corrected chi connectivity index (χ1v) is 14.5. The number of esters is 4. The minimum Gasteiger partial charge on any atom is -0.460 e. The SMILES string of the molecule is CCCC(=O)O[C@@H]1[C@@H](OC(=O)CCC)[C@@H](Oc2ccc([N+](=O)[O-])cc2C(=O)OCc2ccccc2)OC[C@@H]1OC(=O)CCC. The molecule has 0 amide bonds. The minimum atomic E-state index is -1.46. The highest BCUT2D eigenvalue weighted by molar-refractivity contribution is 5.93. The van der Waals surface area contributed by atoms with Gasteiger partial charge in [-0.05, 0) is 30.9 Å². The van der Waals surface area contributed by atoms with Crippen LogP contribution >= 0.6 is 0 Å². The highest BCUT2D eigenvalue weighted by Crippen LogP contribution is 2.31. The van der Waals surface area contributed by atoms with E-state index in [4.69, 9.17) is 28.4 Å². The third kappa shape index (κ3) is 9.76. The van der Waals surface area contributed by atoms with Gasteiger partial charge in [-0.25, -0.2) is 4.79 Å². The molecule has 2 aromatic carbocycles. The molecule has 0 spiro atoms. The highest BCUT2D eigenvalue weighted by Gasteiger charge is 2.49. The van der Waals surface area contributed by atoms with E-state index >= 15 is 0 Å². The van der Waals surface area contributed by atoms with Crippen LogP contribution in [0.25, 0.3) is 0 Å². The molecule has 0 radical (unpaired) electrons. The molecule has 1 saturated heterocycles. The Bertz CT molecular complexity index is 1300. The molecule has 0 aromatic heterocycles. The monoisotopic (exact) mass is 615 g/mol. The van der Waals surface area contributed by atoms with Crippen LogP contribution in [0.1, 0.15) is 75.2 Å². The van der Waals surface area contributed by atoms with Crippen LogP contribution in [0.15, 0.2) is 48.5 Å². The van der Waals surface area contributed by atoms with Gasteiger partial charge in [0.2, 0.25) is 12.4 Å². The smallest absolute Gasteiger partial charge is 0.342 e. The third-order valence-electron chi connectivity index (χ3n) is 6.41. The van der Waals surface area contributed by atoms with Crippen LogP contribution in [0.2, 0.25) is 0 Å². The van der Waals surface area contributed by atoms with Crippen molar-refractivity contribution in [3.8, 4) is 5.75 Å². The zero-order chi connectivity index (χ0) is 32.1. The number of hydrogen-bond donors (Lipinski definition) is 0. The van der Waals surface area contributed by atoms with Crippen molar-refractivity contribution >= 4 is 29.6 Å². The van der Waals surface area contributed by atoms with Crippen LogP contribution in [0.5, 0.6) is 5.75 Å². The highest BCUT2D eigenvalue weighted by atomic mass is 16.7. The molecule has 44 heavy (non-hydrogen) atoms. The zero-order valence-corrected chi connectivity index (χ0v) is 24.9. The Hall–Kier alpha value is -4.52. The maximum Gasteiger partial charge on any atom is 0.342 e. The first-order valence-electron chi connectivity index (χ1n) is 14.5. The van der Waals surface area contributed by atoms with Gasteiger partial charge in [-0.3, -0.25) is 24.5 Å². The van der Waals surface area contributed by atoms with Crippen LogP contribution in [-0.4, -0.2) is 60.0 Å². The third-order valence-corrected chi connectivity index (χ3v) is 6.41. The second kappa shape index (κ2) is 16.9. The summed E-state index contributed by atoms with van der Waals surface area (Å²) in [5, 5.41) is 11.5. The summed E-state index contributed by atoms with van der Waals surface area (Å²) >= 11 is 0. The molecule has 0 saturated carbocycles. The van der Waals surface area contributed by atoms with Gasteiger partial charge in [-0.15, -0.1) is 0 Å². The van der Waals surface area contributed by atoms with Crippen molar-refractivity contribution < 1.29 is 52.5 Å². The Balaban J connectivity index is 1.96. The van der Waals surface area contributed by atoms with Crippen molar-refractivity contribution in [1.82, 2.24) is 0 Å². The number of non-ortho nitro benzene ring substituents is 1. The molecule has 1 fully saturated rings. The summed E-state index contributed by atoms with van der Waals surface area (Å²) in [6, 6.07) is 12.1. The zero-order valence-electron chi connectivity index (χ0n) is 24.9. The fourth-order valence-corrected chi connectivity index (χ4v) is 4.29.